The number of nitro benzene ring substituents is 1. The Hall–Kier alpha value is -1.79. The van der Waals surface area contributed by atoms with Crippen LogP contribution in [0.2, 0.25) is 0 Å². The van der Waals surface area contributed by atoms with Gasteiger partial charge in [-0.3, -0.25) is 10.1 Å². The van der Waals surface area contributed by atoms with Crippen LogP contribution in [0.15, 0.2) is 18.2 Å². The number of anilines is 1. The van der Waals surface area contributed by atoms with Crippen molar-refractivity contribution in [2.45, 2.75) is 38.4 Å². The standard InChI is InChI=1S/C13H15F3N2O2/c1-8-2-4-10(6-8)17-11-5-3-9(13(14,15)16)7-12(11)18(19)20/h3,5,7-8,10,17H,2,4,6H2,1H3. The molecule has 2 atom stereocenters. The lowest BCUT2D eigenvalue weighted by atomic mass is 10.1. The van der Waals surface area contributed by atoms with Crippen molar-refractivity contribution >= 4 is 11.4 Å². The minimum atomic E-state index is -4.58. The van der Waals surface area contributed by atoms with Crippen molar-refractivity contribution in [3.05, 3.63) is 33.9 Å². The largest absolute Gasteiger partial charge is 0.416 e. The van der Waals surface area contributed by atoms with Crippen LogP contribution in [0.4, 0.5) is 24.5 Å². The van der Waals surface area contributed by atoms with Crippen LogP contribution in [-0.4, -0.2) is 11.0 Å². The monoisotopic (exact) mass is 288 g/mol. The van der Waals surface area contributed by atoms with Crippen molar-refractivity contribution in [2.75, 3.05) is 5.32 Å². The summed E-state index contributed by atoms with van der Waals surface area (Å²) in [6.45, 7) is 2.09. The molecule has 2 rings (SSSR count). The van der Waals surface area contributed by atoms with Gasteiger partial charge in [0.15, 0.2) is 0 Å². The van der Waals surface area contributed by atoms with Gasteiger partial charge in [0.2, 0.25) is 0 Å². The van der Waals surface area contributed by atoms with E-state index in [2.05, 4.69) is 12.2 Å². The van der Waals surface area contributed by atoms with Gasteiger partial charge in [0.25, 0.3) is 5.69 Å². The van der Waals surface area contributed by atoms with E-state index in [0.29, 0.717) is 12.0 Å². The smallest absolute Gasteiger partial charge is 0.377 e. The average molecular weight is 288 g/mol. The molecule has 0 amide bonds. The molecule has 2 unspecified atom stereocenters. The quantitative estimate of drug-likeness (QED) is 0.669. The number of hydrogen-bond acceptors (Lipinski definition) is 3. The molecule has 0 saturated heterocycles. The molecule has 1 aromatic rings. The molecule has 0 aromatic heterocycles. The van der Waals surface area contributed by atoms with Crippen LogP contribution >= 0.6 is 0 Å². The fourth-order valence-electron chi connectivity index (χ4n) is 2.54. The molecule has 20 heavy (non-hydrogen) atoms. The molecule has 1 aliphatic carbocycles. The number of nitrogens with one attached hydrogen (secondary N) is 1. The fourth-order valence-corrected chi connectivity index (χ4v) is 2.54. The van der Waals surface area contributed by atoms with Crippen molar-refractivity contribution in [2.24, 2.45) is 5.92 Å². The van der Waals surface area contributed by atoms with Gasteiger partial charge in [0, 0.05) is 12.1 Å². The van der Waals surface area contributed by atoms with E-state index in [4.69, 9.17) is 0 Å². The Labute approximate surface area is 114 Å². The lowest BCUT2D eigenvalue weighted by Gasteiger charge is -2.15. The van der Waals surface area contributed by atoms with E-state index in [1.807, 2.05) is 0 Å². The Morgan fingerprint density at radius 3 is 2.55 bits per heavy atom. The number of hydrogen-bond donors (Lipinski definition) is 1. The van der Waals surface area contributed by atoms with Crippen LogP contribution in [0.3, 0.4) is 0 Å². The van der Waals surface area contributed by atoms with Crippen LogP contribution < -0.4 is 5.32 Å². The molecule has 0 spiro atoms. The van der Waals surface area contributed by atoms with Crippen molar-refractivity contribution in [3.8, 4) is 0 Å². The Balaban J connectivity index is 2.26. The molecule has 1 fully saturated rings. The van der Waals surface area contributed by atoms with Gasteiger partial charge in [0.1, 0.15) is 5.69 Å². The summed E-state index contributed by atoms with van der Waals surface area (Å²) < 4.78 is 37.7. The maximum atomic E-state index is 12.6. The normalized spacial score (nSPS) is 22.8. The second-order valence-electron chi connectivity index (χ2n) is 5.25. The predicted octanol–water partition coefficient (Wildman–Crippen LogP) is 4.21. The van der Waals surface area contributed by atoms with Crippen LogP contribution in [-0.2, 0) is 6.18 Å². The first-order valence-electron chi connectivity index (χ1n) is 6.39. The zero-order valence-corrected chi connectivity index (χ0v) is 10.9. The van der Waals surface area contributed by atoms with Crippen LogP contribution in [0.5, 0.6) is 0 Å². The van der Waals surface area contributed by atoms with Gasteiger partial charge in [-0.2, -0.15) is 13.2 Å². The highest BCUT2D eigenvalue weighted by molar-refractivity contribution is 5.63. The highest BCUT2D eigenvalue weighted by Crippen LogP contribution is 2.36. The summed E-state index contributed by atoms with van der Waals surface area (Å²) in [6.07, 6.45) is -1.81. The zero-order chi connectivity index (χ0) is 14.9. The van der Waals surface area contributed by atoms with Gasteiger partial charge in [-0.25, -0.2) is 0 Å². The SMILES string of the molecule is CC1CCC(Nc2ccc(C(F)(F)F)cc2[N+](=O)[O-])C1. The molecule has 1 aromatic carbocycles. The molecule has 0 aliphatic heterocycles. The molecule has 1 saturated carbocycles. The van der Waals surface area contributed by atoms with E-state index in [0.717, 1.165) is 31.4 Å². The molecule has 0 bridgehead atoms. The fraction of sp³-hybridized carbons (Fsp3) is 0.538. The van der Waals surface area contributed by atoms with Crippen molar-refractivity contribution in [1.29, 1.82) is 0 Å². The third kappa shape index (κ3) is 3.20. The summed E-state index contributed by atoms with van der Waals surface area (Å²) in [7, 11) is 0. The summed E-state index contributed by atoms with van der Waals surface area (Å²) in [5.41, 5.74) is -1.38. The topological polar surface area (TPSA) is 55.2 Å². The van der Waals surface area contributed by atoms with Crippen LogP contribution in [0, 0.1) is 16.0 Å². The molecule has 1 aliphatic rings. The summed E-state index contributed by atoms with van der Waals surface area (Å²) in [4.78, 5) is 10.2. The van der Waals surface area contributed by atoms with Gasteiger partial charge in [-0.15, -0.1) is 0 Å². The van der Waals surface area contributed by atoms with Crippen molar-refractivity contribution < 1.29 is 18.1 Å². The first-order chi connectivity index (χ1) is 9.27. The summed E-state index contributed by atoms with van der Waals surface area (Å²) in [5, 5.41) is 13.9. The lowest BCUT2D eigenvalue weighted by Crippen LogP contribution is -2.17. The molecular weight excluding hydrogens is 273 g/mol. The molecule has 4 nitrogen and oxygen atoms in total. The second kappa shape index (κ2) is 5.30. The van der Waals surface area contributed by atoms with E-state index < -0.39 is 22.4 Å². The number of nitro groups is 1. The molecule has 0 heterocycles. The van der Waals surface area contributed by atoms with E-state index in [9.17, 15) is 23.3 Å². The van der Waals surface area contributed by atoms with E-state index in [1.165, 1.54) is 0 Å². The lowest BCUT2D eigenvalue weighted by molar-refractivity contribution is -0.384. The van der Waals surface area contributed by atoms with Gasteiger partial charge < -0.3 is 5.32 Å². The summed E-state index contributed by atoms with van der Waals surface area (Å²) in [5.74, 6) is 0.529. The molecule has 110 valence electrons. The van der Waals surface area contributed by atoms with Gasteiger partial charge in [-0.05, 0) is 37.3 Å². The van der Waals surface area contributed by atoms with Gasteiger partial charge >= 0.3 is 6.18 Å². The minimum absolute atomic E-state index is 0.0837. The number of rotatable bonds is 3. The predicted molar refractivity (Wildman–Crippen MR) is 68.5 cm³/mol. The van der Waals surface area contributed by atoms with E-state index in [1.54, 1.807) is 0 Å². The summed E-state index contributed by atoms with van der Waals surface area (Å²) >= 11 is 0. The Morgan fingerprint density at radius 1 is 1.35 bits per heavy atom. The molecule has 0 radical (unpaired) electrons. The Bertz CT molecular complexity index is 517. The van der Waals surface area contributed by atoms with Gasteiger partial charge in [0.05, 0.1) is 10.5 Å². The molecule has 7 heteroatoms. The van der Waals surface area contributed by atoms with Gasteiger partial charge in [-0.1, -0.05) is 6.92 Å². The Kier molecular flexibility index (Phi) is 3.87. The highest BCUT2D eigenvalue weighted by Gasteiger charge is 2.33. The number of alkyl halides is 3. The zero-order valence-electron chi connectivity index (χ0n) is 10.9. The first-order valence-corrected chi connectivity index (χ1v) is 6.39. The first kappa shape index (κ1) is 14.6. The number of halogens is 3. The average Bonchev–Trinajstić information content (AvgIpc) is 2.73. The highest BCUT2D eigenvalue weighted by atomic mass is 19.4. The third-order valence-electron chi connectivity index (χ3n) is 3.58. The molecule has 1 N–H and O–H groups in total. The number of benzene rings is 1. The Morgan fingerprint density at radius 2 is 2.05 bits per heavy atom. The third-order valence-corrected chi connectivity index (χ3v) is 3.58. The summed E-state index contributed by atoms with van der Waals surface area (Å²) in [6, 6.07) is 2.68. The number of nitrogens with zero attached hydrogens (tertiary/aromatic N) is 1. The molecular formula is C13H15F3N2O2. The maximum Gasteiger partial charge on any atom is 0.416 e. The second-order valence-corrected chi connectivity index (χ2v) is 5.25. The van der Waals surface area contributed by atoms with Crippen LogP contribution in [0.25, 0.3) is 0 Å². The maximum absolute atomic E-state index is 12.6. The van der Waals surface area contributed by atoms with Crippen molar-refractivity contribution in [3.63, 3.8) is 0 Å². The van der Waals surface area contributed by atoms with E-state index in [-0.39, 0.29) is 11.7 Å². The van der Waals surface area contributed by atoms with Crippen LogP contribution in [0.1, 0.15) is 31.7 Å². The van der Waals surface area contributed by atoms with E-state index >= 15 is 0 Å². The van der Waals surface area contributed by atoms with Crippen molar-refractivity contribution in [1.82, 2.24) is 0 Å². The minimum Gasteiger partial charge on any atom is -0.377 e.